The van der Waals surface area contributed by atoms with E-state index in [1.54, 1.807) is 14.2 Å². The Morgan fingerprint density at radius 2 is 1.45 bits per heavy atom. The molecule has 0 unspecified atom stereocenters. The molecule has 2 aromatic carbocycles. The fourth-order valence-electron chi connectivity index (χ4n) is 3.15. The van der Waals surface area contributed by atoms with Crippen molar-refractivity contribution in [2.24, 2.45) is 0 Å². The van der Waals surface area contributed by atoms with Gasteiger partial charge < -0.3 is 29.3 Å². The first-order valence-electron chi connectivity index (χ1n) is 10.2. The van der Waals surface area contributed by atoms with Gasteiger partial charge in [-0.2, -0.15) is 0 Å². The van der Waals surface area contributed by atoms with Crippen LogP contribution in [0.4, 0.5) is 0 Å². The second kappa shape index (κ2) is 12.9. The second-order valence-corrected chi connectivity index (χ2v) is 7.06. The fraction of sp³-hybridized carbons (Fsp3) is 0.348. The van der Waals surface area contributed by atoms with Crippen molar-refractivity contribution in [1.82, 2.24) is 9.80 Å². The van der Waals surface area contributed by atoms with Gasteiger partial charge in [0, 0.05) is 32.7 Å². The molecule has 178 valence electrons. The molecule has 2 N–H and O–H groups in total. The molecule has 10 heteroatoms. The average molecular weight is 460 g/mol. The number of carboxylic acid groups (broad SMARTS) is 2. The van der Waals surface area contributed by atoms with Crippen molar-refractivity contribution in [2.75, 3.05) is 47.0 Å². The maximum atomic E-state index is 12.3. The number of piperazine rings is 1. The van der Waals surface area contributed by atoms with Crippen molar-refractivity contribution < 1.29 is 38.8 Å². The Morgan fingerprint density at radius 3 is 2.00 bits per heavy atom. The van der Waals surface area contributed by atoms with Gasteiger partial charge in [0.25, 0.3) is 5.91 Å². The molecule has 0 aromatic heterocycles. The van der Waals surface area contributed by atoms with E-state index in [2.05, 4.69) is 4.90 Å². The molecule has 33 heavy (non-hydrogen) atoms. The lowest BCUT2D eigenvalue weighted by Gasteiger charge is -2.34. The number of carbonyl (C=O) groups is 3. The van der Waals surface area contributed by atoms with E-state index in [4.69, 9.17) is 34.0 Å². The van der Waals surface area contributed by atoms with E-state index >= 15 is 0 Å². The maximum absolute atomic E-state index is 12.3. The number of methoxy groups -OCH3 is 2. The fourth-order valence-corrected chi connectivity index (χ4v) is 3.15. The van der Waals surface area contributed by atoms with Crippen molar-refractivity contribution in [3.8, 4) is 17.2 Å². The van der Waals surface area contributed by atoms with Crippen LogP contribution in [0.3, 0.4) is 0 Å². The Kier molecular flexibility index (Phi) is 9.97. The number of carbonyl (C=O) groups excluding carboxylic acids is 1. The van der Waals surface area contributed by atoms with E-state index in [0.717, 1.165) is 36.9 Å². The van der Waals surface area contributed by atoms with Gasteiger partial charge in [-0.05, 0) is 29.8 Å². The molecule has 1 saturated heterocycles. The SMILES string of the molecule is COc1ccc(CN2CCN(C(=O)COc3ccccc3)CC2)cc1OC.O=C(O)C(=O)O. The lowest BCUT2D eigenvalue weighted by atomic mass is 10.1. The predicted molar refractivity (Wildman–Crippen MR) is 119 cm³/mol. The highest BCUT2D eigenvalue weighted by Crippen LogP contribution is 2.28. The van der Waals surface area contributed by atoms with Crippen LogP contribution in [0.5, 0.6) is 17.2 Å². The molecule has 2 aromatic rings. The van der Waals surface area contributed by atoms with Gasteiger partial charge in [-0.25, -0.2) is 9.59 Å². The zero-order chi connectivity index (χ0) is 24.2. The lowest BCUT2D eigenvalue weighted by Crippen LogP contribution is -2.49. The molecular formula is C23H28N2O8. The minimum absolute atomic E-state index is 0.0321. The molecule has 1 amide bonds. The van der Waals surface area contributed by atoms with Crippen molar-refractivity contribution in [2.45, 2.75) is 6.54 Å². The van der Waals surface area contributed by atoms with E-state index in [1.165, 1.54) is 5.56 Å². The van der Waals surface area contributed by atoms with Crippen molar-refractivity contribution in [1.29, 1.82) is 0 Å². The Hall–Kier alpha value is -3.79. The van der Waals surface area contributed by atoms with Crippen LogP contribution in [0, 0.1) is 0 Å². The highest BCUT2D eigenvalue weighted by atomic mass is 16.5. The molecule has 10 nitrogen and oxygen atoms in total. The van der Waals surface area contributed by atoms with E-state index in [-0.39, 0.29) is 12.5 Å². The molecule has 0 saturated carbocycles. The van der Waals surface area contributed by atoms with Gasteiger partial charge >= 0.3 is 11.9 Å². The molecular weight excluding hydrogens is 432 g/mol. The number of carboxylic acids is 2. The molecule has 0 atom stereocenters. The van der Waals surface area contributed by atoms with Gasteiger partial charge in [-0.15, -0.1) is 0 Å². The van der Waals surface area contributed by atoms with E-state index in [1.807, 2.05) is 53.4 Å². The number of rotatable bonds is 7. The predicted octanol–water partition coefficient (Wildman–Crippen LogP) is 1.58. The number of aliphatic carboxylic acids is 2. The molecule has 1 aliphatic rings. The minimum Gasteiger partial charge on any atom is -0.493 e. The van der Waals surface area contributed by atoms with Crippen LogP contribution in [-0.4, -0.2) is 84.9 Å². The summed E-state index contributed by atoms with van der Waals surface area (Å²) in [7, 11) is 3.28. The topological polar surface area (TPSA) is 126 Å². The van der Waals surface area contributed by atoms with Gasteiger partial charge in [0.2, 0.25) is 0 Å². The van der Waals surface area contributed by atoms with Crippen molar-refractivity contribution in [3.63, 3.8) is 0 Å². The Morgan fingerprint density at radius 1 is 0.848 bits per heavy atom. The number of para-hydroxylation sites is 1. The van der Waals surface area contributed by atoms with Crippen LogP contribution in [0.1, 0.15) is 5.56 Å². The van der Waals surface area contributed by atoms with Gasteiger partial charge in [0.15, 0.2) is 18.1 Å². The van der Waals surface area contributed by atoms with Gasteiger partial charge in [-0.3, -0.25) is 9.69 Å². The highest BCUT2D eigenvalue weighted by Gasteiger charge is 2.21. The smallest absolute Gasteiger partial charge is 0.414 e. The molecule has 0 bridgehead atoms. The average Bonchev–Trinajstić information content (AvgIpc) is 2.84. The molecule has 1 aliphatic heterocycles. The third-order valence-corrected chi connectivity index (χ3v) is 4.87. The molecule has 1 fully saturated rings. The number of hydrogen-bond acceptors (Lipinski definition) is 7. The molecule has 0 aliphatic carbocycles. The minimum atomic E-state index is -1.82. The van der Waals surface area contributed by atoms with Crippen molar-refractivity contribution in [3.05, 3.63) is 54.1 Å². The van der Waals surface area contributed by atoms with Crippen molar-refractivity contribution >= 4 is 17.8 Å². The Labute approximate surface area is 191 Å². The van der Waals surface area contributed by atoms with Gasteiger partial charge in [0.1, 0.15) is 5.75 Å². The number of ether oxygens (including phenoxy) is 3. The maximum Gasteiger partial charge on any atom is 0.414 e. The summed E-state index contributed by atoms with van der Waals surface area (Å²) in [6.45, 7) is 4.01. The summed E-state index contributed by atoms with van der Waals surface area (Å²) in [6.07, 6.45) is 0. The zero-order valence-corrected chi connectivity index (χ0v) is 18.6. The van der Waals surface area contributed by atoms with Gasteiger partial charge in [0.05, 0.1) is 14.2 Å². The van der Waals surface area contributed by atoms with Crippen LogP contribution in [0.2, 0.25) is 0 Å². The third-order valence-electron chi connectivity index (χ3n) is 4.87. The summed E-state index contributed by atoms with van der Waals surface area (Å²) in [5, 5.41) is 14.8. The first kappa shape index (κ1) is 25.5. The summed E-state index contributed by atoms with van der Waals surface area (Å²) >= 11 is 0. The zero-order valence-electron chi connectivity index (χ0n) is 18.6. The summed E-state index contributed by atoms with van der Waals surface area (Å²) < 4.78 is 16.2. The largest absolute Gasteiger partial charge is 0.493 e. The van der Waals surface area contributed by atoms with E-state index < -0.39 is 11.9 Å². The molecule has 3 rings (SSSR count). The van der Waals surface area contributed by atoms with Crippen LogP contribution in [0.15, 0.2) is 48.5 Å². The van der Waals surface area contributed by atoms with Gasteiger partial charge in [-0.1, -0.05) is 24.3 Å². The lowest BCUT2D eigenvalue weighted by molar-refractivity contribution is -0.159. The Bertz CT molecular complexity index is 915. The summed E-state index contributed by atoms with van der Waals surface area (Å²) in [5.74, 6) is -1.43. The third kappa shape index (κ3) is 8.34. The van der Waals surface area contributed by atoms with E-state index in [9.17, 15) is 4.79 Å². The summed E-state index contributed by atoms with van der Waals surface area (Å²) in [5.41, 5.74) is 1.17. The first-order valence-corrected chi connectivity index (χ1v) is 10.2. The quantitative estimate of drug-likeness (QED) is 0.592. The molecule has 1 heterocycles. The summed E-state index contributed by atoms with van der Waals surface area (Å²) in [4.78, 5) is 34.7. The number of nitrogens with zero attached hydrogens (tertiary/aromatic N) is 2. The highest BCUT2D eigenvalue weighted by molar-refractivity contribution is 6.27. The first-order chi connectivity index (χ1) is 15.8. The van der Waals surface area contributed by atoms with Crippen LogP contribution in [0.25, 0.3) is 0 Å². The Balaban J connectivity index is 0.000000569. The molecule has 0 radical (unpaired) electrons. The molecule has 0 spiro atoms. The van der Waals surface area contributed by atoms with Crippen LogP contribution >= 0.6 is 0 Å². The normalized spacial score (nSPS) is 13.3. The van der Waals surface area contributed by atoms with Crippen LogP contribution < -0.4 is 14.2 Å². The number of benzene rings is 2. The van der Waals surface area contributed by atoms with E-state index in [0.29, 0.717) is 13.1 Å². The number of hydrogen-bond donors (Lipinski definition) is 2. The standard InChI is InChI=1S/C21H26N2O4.C2H2O4/c1-25-19-9-8-17(14-20(19)26-2)15-22-10-12-23(13-11-22)21(24)16-27-18-6-4-3-5-7-18;3-1(4)2(5)6/h3-9,14H,10-13,15-16H2,1-2H3;(H,3,4)(H,5,6). The second-order valence-electron chi connectivity index (χ2n) is 7.06. The number of amides is 1. The summed E-state index contributed by atoms with van der Waals surface area (Å²) in [6, 6.07) is 15.4. The van der Waals surface area contributed by atoms with Crippen LogP contribution in [-0.2, 0) is 20.9 Å². The monoisotopic (exact) mass is 460 g/mol.